The minimum atomic E-state index is -0.331. The molecule has 0 aliphatic heterocycles. The van der Waals surface area contributed by atoms with Gasteiger partial charge in [0.2, 0.25) is 0 Å². The molecule has 0 N–H and O–H groups in total. The fourth-order valence-electron chi connectivity index (χ4n) is 0.749. The lowest BCUT2D eigenvalue weighted by atomic mass is 10.3. The summed E-state index contributed by atoms with van der Waals surface area (Å²) in [6.45, 7) is 0. The van der Waals surface area contributed by atoms with E-state index in [1.54, 1.807) is 0 Å². The molecule has 60 valence electrons. The fraction of sp³-hybridized carbons (Fsp3) is 0.143. The first-order chi connectivity index (χ1) is 5.15. The highest BCUT2D eigenvalue weighted by atomic mass is 79.9. The zero-order valence-corrected chi connectivity index (χ0v) is 8.25. The van der Waals surface area contributed by atoms with Crippen molar-refractivity contribution < 1.29 is 9.13 Å². The standard InChI is InChI=1S/C7H6BrFOS/c1-10-7-5(8)2-4(9)3-6(7)11/h2-3,11H,1H3. The summed E-state index contributed by atoms with van der Waals surface area (Å²) in [5, 5.41) is 0. The summed E-state index contributed by atoms with van der Waals surface area (Å²) in [7, 11) is 1.51. The Hall–Kier alpha value is -0.220. The Bertz CT molecular complexity index is 254. The maximum atomic E-state index is 12.6. The minimum absolute atomic E-state index is 0.331. The van der Waals surface area contributed by atoms with Crippen LogP contribution in [0.1, 0.15) is 0 Å². The summed E-state index contributed by atoms with van der Waals surface area (Å²) in [6, 6.07) is 2.63. The Kier molecular flexibility index (Phi) is 2.78. The van der Waals surface area contributed by atoms with Gasteiger partial charge in [0.15, 0.2) is 0 Å². The number of rotatable bonds is 1. The van der Waals surface area contributed by atoms with E-state index < -0.39 is 0 Å². The number of methoxy groups -OCH3 is 1. The molecule has 0 unspecified atom stereocenters. The third kappa shape index (κ3) is 1.87. The molecule has 0 amide bonds. The second kappa shape index (κ2) is 3.45. The molecule has 0 fully saturated rings. The van der Waals surface area contributed by atoms with Crippen LogP contribution >= 0.6 is 28.6 Å². The quantitative estimate of drug-likeness (QED) is 0.739. The van der Waals surface area contributed by atoms with E-state index in [0.717, 1.165) is 0 Å². The molecular formula is C7H6BrFOS. The highest BCUT2D eigenvalue weighted by Gasteiger charge is 2.05. The van der Waals surface area contributed by atoms with Crippen molar-refractivity contribution in [3.63, 3.8) is 0 Å². The van der Waals surface area contributed by atoms with E-state index in [9.17, 15) is 4.39 Å². The lowest BCUT2D eigenvalue weighted by Gasteiger charge is -2.05. The summed E-state index contributed by atoms with van der Waals surface area (Å²) >= 11 is 7.17. The number of benzene rings is 1. The molecular weight excluding hydrogens is 231 g/mol. The summed E-state index contributed by atoms with van der Waals surface area (Å²) < 4.78 is 18.1. The molecule has 1 aromatic carbocycles. The van der Waals surface area contributed by atoms with Gasteiger partial charge < -0.3 is 4.74 Å². The highest BCUT2D eigenvalue weighted by Crippen LogP contribution is 2.32. The first kappa shape index (κ1) is 8.87. The number of thiol groups is 1. The van der Waals surface area contributed by atoms with E-state index in [2.05, 4.69) is 28.6 Å². The van der Waals surface area contributed by atoms with Gasteiger partial charge in [0, 0.05) is 0 Å². The van der Waals surface area contributed by atoms with Gasteiger partial charge in [-0.25, -0.2) is 4.39 Å². The molecule has 0 saturated carbocycles. The zero-order chi connectivity index (χ0) is 8.43. The summed E-state index contributed by atoms with van der Waals surface area (Å²) in [5.74, 6) is 0.220. The number of halogens is 2. The van der Waals surface area contributed by atoms with Crippen molar-refractivity contribution in [1.82, 2.24) is 0 Å². The van der Waals surface area contributed by atoms with E-state index in [1.165, 1.54) is 19.2 Å². The molecule has 0 aliphatic carbocycles. The average molecular weight is 237 g/mol. The van der Waals surface area contributed by atoms with Crippen molar-refractivity contribution in [2.45, 2.75) is 4.90 Å². The Morgan fingerprint density at radius 1 is 1.55 bits per heavy atom. The molecule has 0 atom stereocenters. The summed E-state index contributed by atoms with van der Waals surface area (Å²) in [4.78, 5) is 0.486. The van der Waals surface area contributed by atoms with Crippen LogP contribution in [0, 0.1) is 5.82 Å². The first-order valence-electron chi connectivity index (χ1n) is 2.87. The molecule has 0 bridgehead atoms. The number of hydrogen-bond acceptors (Lipinski definition) is 2. The molecule has 1 rings (SSSR count). The summed E-state index contributed by atoms with van der Waals surface area (Å²) in [5.41, 5.74) is 0. The largest absolute Gasteiger partial charge is 0.494 e. The average Bonchev–Trinajstić information content (AvgIpc) is 1.85. The van der Waals surface area contributed by atoms with Gasteiger partial charge in [0.25, 0.3) is 0 Å². The zero-order valence-electron chi connectivity index (χ0n) is 5.77. The van der Waals surface area contributed by atoms with Crippen molar-refractivity contribution >= 4 is 28.6 Å². The van der Waals surface area contributed by atoms with Gasteiger partial charge in [-0.3, -0.25) is 0 Å². The first-order valence-corrected chi connectivity index (χ1v) is 4.11. The van der Waals surface area contributed by atoms with Gasteiger partial charge in [-0.2, -0.15) is 0 Å². The SMILES string of the molecule is COc1c(S)cc(F)cc1Br. The maximum absolute atomic E-state index is 12.6. The molecule has 0 radical (unpaired) electrons. The van der Waals surface area contributed by atoms with E-state index in [1.807, 2.05) is 0 Å². The van der Waals surface area contributed by atoms with Crippen molar-refractivity contribution in [3.05, 3.63) is 22.4 Å². The topological polar surface area (TPSA) is 9.23 Å². The van der Waals surface area contributed by atoms with Crippen LogP contribution in [-0.2, 0) is 0 Å². The van der Waals surface area contributed by atoms with Crippen LogP contribution in [0.4, 0.5) is 4.39 Å². The lowest BCUT2D eigenvalue weighted by Crippen LogP contribution is -1.87. The van der Waals surface area contributed by atoms with Crippen LogP contribution in [0.25, 0.3) is 0 Å². The van der Waals surface area contributed by atoms with Crippen molar-refractivity contribution in [1.29, 1.82) is 0 Å². The van der Waals surface area contributed by atoms with Gasteiger partial charge in [-0.1, -0.05) is 0 Å². The molecule has 0 heterocycles. The van der Waals surface area contributed by atoms with Gasteiger partial charge in [-0.15, -0.1) is 12.6 Å². The number of hydrogen-bond donors (Lipinski definition) is 1. The second-order valence-electron chi connectivity index (χ2n) is 1.94. The highest BCUT2D eigenvalue weighted by molar-refractivity contribution is 9.10. The third-order valence-corrected chi connectivity index (χ3v) is 2.11. The van der Waals surface area contributed by atoms with Crippen LogP contribution in [0.5, 0.6) is 5.75 Å². The van der Waals surface area contributed by atoms with Gasteiger partial charge in [0.05, 0.1) is 16.5 Å². The van der Waals surface area contributed by atoms with Crippen LogP contribution in [0.3, 0.4) is 0 Å². The van der Waals surface area contributed by atoms with Crippen LogP contribution in [-0.4, -0.2) is 7.11 Å². The smallest absolute Gasteiger partial charge is 0.146 e. The maximum Gasteiger partial charge on any atom is 0.146 e. The van der Waals surface area contributed by atoms with Crippen molar-refractivity contribution in [2.24, 2.45) is 0 Å². The molecule has 4 heteroatoms. The molecule has 1 nitrogen and oxygen atoms in total. The summed E-state index contributed by atoms with van der Waals surface area (Å²) in [6.07, 6.45) is 0. The van der Waals surface area contributed by atoms with Gasteiger partial charge >= 0.3 is 0 Å². The molecule has 0 aliphatic rings. The van der Waals surface area contributed by atoms with Gasteiger partial charge in [-0.05, 0) is 28.1 Å². The predicted molar refractivity (Wildman–Crippen MR) is 47.9 cm³/mol. The van der Waals surface area contributed by atoms with Gasteiger partial charge in [0.1, 0.15) is 11.6 Å². The molecule has 11 heavy (non-hydrogen) atoms. The van der Waals surface area contributed by atoms with Crippen LogP contribution in [0.15, 0.2) is 21.5 Å². The fourth-order valence-corrected chi connectivity index (χ4v) is 1.83. The Morgan fingerprint density at radius 3 is 2.64 bits per heavy atom. The van der Waals surface area contributed by atoms with Crippen molar-refractivity contribution in [2.75, 3.05) is 7.11 Å². The van der Waals surface area contributed by atoms with E-state index >= 15 is 0 Å². The molecule has 0 saturated heterocycles. The molecule has 0 spiro atoms. The Morgan fingerprint density at radius 2 is 2.18 bits per heavy atom. The van der Waals surface area contributed by atoms with Crippen LogP contribution < -0.4 is 4.74 Å². The number of ether oxygens (including phenoxy) is 1. The normalized spacial score (nSPS) is 9.82. The van der Waals surface area contributed by atoms with E-state index in [4.69, 9.17) is 4.74 Å². The molecule has 1 aromatic rings. The second-order valence-corrected chi connectivity index (χ2v) is 3.28. The third-order valence-electron chi connectivity index (χ3n) is 1.19. The minimum Gasteiger partial charge on any atom is -0.494 e. The molecule has 0 aromatic heterocycles. The van der Waals surface area contributed by atoms with Crippen LogP contribution in [0.2, 0.25) is 0 Å². The Balaban J connectivity index is 3.25. The van der Waals surface area contributed by atoms with E-state index in [0.29, 0.717) is 15.1 Å². The predicted octanol–water partition coefficient (Wildman–Crippen LogP) is 2.89. The Labute approximate surface area is 78.1 Å². The monoisotopic (exact) mass is 236 g/mol. The lowest BCUT2D eigenvalue weighted by molar-refractivity contribution is 0.400. The van der Waals surface area contributed by atoms with Crippen molar-refractivity contribution in [3.8, 4) is 5.75 Å². The van der Waals surface area contributed by atoms with E-state index in [-0.39, 0.29) is 5.82 Å².